The summed E-state index contributed by atoms with van der Waals surface area (Å²) >= 11 is 0. The van der Waals surface area contributed by atoms with Crippen LogP contribution < -0.4 is 0 Å². The van der Waals surface area contributed by atoms with E-state index < -0.39 is 0 Å². The summed E-state index contributed by atoms with van der Waals surface area (Å²) in [4.78, 5) is 2.25. The summed E-state index contributed by atoms with van der Waals surface area (Å²) in [6, 6.07) is 9.03. The second-order valence-electron chi connectivity index (χ2n) is 5.16. The van der Waals surface area contributed by atoms with Gasteiger partial charge in [-0.15, -0.1) is 0 Å². The smallest absolute Gasteiger partial charge is 0.00247 e. The molecule has 1 aromatic carbocycles. The van der Waals surface area contributed by atoms with Crippen LogP contribution >= 0.6 is 0 Å². The molecule has 0 unspecified atom stereocenters. The summed E-state index contributed by atoms with van der Waals surface area (Å²) in [5.74, 6) is 0.640. The molecule has 1 heteroatoms. The monoisotopic (exact) mass is 219 g/mol. The van der Waals surface area contributed by atoms with Gasteiger partial charge in [0.05, 0.1) is 0 Å². The summed E-state index contributed by atoms with van der Waals surface area (Å²) in [6.07, 6.45) is 3.80. The van der Waals surface area contributed by atoms with Gasteiger partial charge >= 0.3 is 0 Å². The molecule has 0 N–H and O–H groups in total. The summed E-state index contributed by atoms with van der Waals surface area (Å²) in [5.41, 5.74) is 2.95. The lowest BCUT2D eigenvalue weighted by molar-refractivity contribution is 0.394. The maximum Gasteiger partial charge on any atom is -0.00247 e. The standard InChI is InChI=1S/C15H25N/c1-13(2)15-10-7-9-14(12-15)8-5-6-11-16(3)4/h7,9-10,12-13H,5-6,8,11H2,1-4H3. The van der Waals surface area contributed by atoms with Crippen LogP contribution in [0.5, 0.6) is 0 Å². The fraction of sp³-hybridized carbons (Fsp3) is 0.600. The molecule has 0 amide bonds. The molecular formula is C15H25N. The van der Waals surface area contributed by atoms with Crippen LogP contribution in [0.25, 0.3) is 0 Å². The summed E-state index contributed by atoms with van der Waals surface area (Å²) in [6.45, 7) is 5.71. The molecule has 0 heterocycles. The quantitative estimate of drug-likeness (QED) is 0.659. The van der Waals surface area contributed by atoms with Gasteiger partial charge in [0.2, 0.25) is 0 Å². The van der Waals surface area contributed by atoms with Crippen molar-refractivity contribution in [2.24, 2.45) is 0 Å². The Kier molecular flexibility index (Phi) is 5.54. The first kappa shape index (κ1) is 13.2. The van der Waals surface area contributed by atoms with Crippen molar-refractivity contribution in [1.82, 2.24) is 4.90 Å². The summed E-state index contributed by atoms with van der Waals surface area (Å²) < 4.78 is 0. The molecule has 0 atom stereocenters. The van der Waals surface area contributed by atoms with Crippen molar-refractivity contribution in [3.05, 3.63) is 35.4 Å². The fourth-order valence-electron chi connectivity index (χ4n) is 1.86. The largest absolute Gasteiger partial charge is 0.309 e. The van der Waals surface area contributed by atoms with Gasteiger partial charge in [0, 0.05) is 0 Å². The maximum atomic E-state index is 2.36. The van der Waals surface area contributed by atoms with E-state index >= 15 is 0 Å². The topological polar surface area (TPSA) is 3.24 Å². The Bertz CT molecular complexity index is 302. The highest BCUT2D eigenvalue weighted by molar-refractivity contribution is 5.25. The van der Waals surface area contributed by atoms with Crippen molar-refractivity contribution in [3.8, 4) is 0 Å². The number of rotatable bonds is 6. The first-order chi connectivity index (χ1) is 7.59. The minimum atomic E-state index is 0.640. The van der Waals surface area contributed by atoms with Crippen molar-refractivity contribution in [1.29, 1.82) is 0 Å². The Hall–Kier alpha value is -0.820. The number of hydrogen-bond acceptors (Lipinski definition) is 1. The van der Waals surface area contributed by atoms with Crippen LogP contribution in [0, 0.1) is 0 Å². The maximum absolute atomic E-state index is 2.36. The van der Waals surface area contributed by atoms with E-state index in [1.807, 2.05) is 0 Å². The van der Waals surface area contributed by atoms with E-state index in [0.29, 0.717) is 5.92 Å². The molecule has 90 valence electrons. The van der Waals surface area contributed by atoms with E-state index in [-0.39, 0.29) is 0 Å². The van der Waals surface area contributed by atoms with Crippen molar-refractivity contribution >= 4 is 0 Å². The van der Waals surface area contributed by atoms with E-state index in [0.717, 1.165) is 0 Å². The predicted octanol–water partition coefficient (Wildman–Crippen LogP) is 3.69. The fourth-order valence-corrected chi connectivity index (χ4v) is 1.86. The van der Waals surface area contributed by atoms with Gasteiger partial charge in [-0.1, -0.05) is 38.1 Å². The van der Waals surface area contributed by atoms with Gasteiger partial charge in [0.1, 0.15) is 0 Å². The first-order valence-electron chi connectivity index (χ1n) is 6.33. The predicted molar refractivity (Wildman–Crippen MR) is 72.0 cm³/mol. The van der Waals surface area contributed by atoms with Crippen molar-refractivity contribution in [2.75, 3.05) is 20.6 Å². The molecule has 0 aliphatic carbocycles. The third-order valence-electron chi connectivity index (χ3n) is 2.94. The van der Waals surface area contributed by atoms with Crippen LogP contribution in [-0.4, -0.2) is 25.5 Å². The highest BCUT2D eigenvalue weighted by Crippen LogP contribution is 2.16. The normalized spacial score (nSPS) is 11.4. The Morgan fingerprint density at radius 3 is 2.50 bits per heavy atom. The van der Waals surface area contributed by atoms with Gasteiger partial charge in [-0.3, -0.25) is 0 Å². The van der Waals surface area contributed by atoms with Gasteiger partial charge in [0.25, 0.3) is 0 Å². The van der Waals surface area contributed by atoms with Crippen LogP contribution in [-0.2, 0) is 6.42 Å². The van der Waals surface area contributed by atoms with Gasteiger partial charge < -0.3 is 4.90 Å². The van der Waals surface area contributed by atoms with Gasteiger partial charge in [0.15, 0.2) is 0 Å². The van der Waals surface area contributed by atoms with Crippen LogP contribution in [0.15, 0.2) is 24.3 Å². The third kappa shape index (κ3) is 4.80. The number of nitrogens with zero attached hydrogens (tertiary/aromatic N) is 1. The summed E-state index contributed by atoms with van der Waals surface area (Å²) in [7, 11) is 4.28. The molecule has 0 saturated carbocycles. The Balaban J connectivity index is 2.39. The Labute approximate surface area is 100 Å². The van der Waals surface area contributed by atoms with Crippen LogP contribution in [0.2, 0.25) is 0 Å². The molecule has 0 spiro atoms. The number of benzene rings is 1. The van der Waals surface area contributed by atoms with Crippen LogP contribution in [0.4, 0.5) is 0 Å². The van der Waals surface area contributed by atoms with Crippen LogP contribution in [0.3, 0.4) is 0 Å². The Morgan fingerprint density at radius 1 is 1.12 bits per heavy atom. The summed E-state index contributed by atoms with van der Waals surface area (Å²) in [5, 5.41) is 0. The van der Waals surface area contributed by atoms with E-state index in [1.54, 1.807) is 0 Å². The minimum Gasteiger partial charge on any atom is -0.309 e. The molecule has 0 saturated heterocycles. The van der Waals surface area contributed by atoms with E-state index in [4.69, 9.17) is 0 Å². The molecule has 1 nitrogen and oxygen atoms in total. The SMILES string of the molecule is CC(C)c1cccc(CCCCN(C)C)c1. The Morgan fingerprint density at radius 2 is 1.88 bits per heavy atom. The lowest BCUT2D eigenvalue weighted by Crippen LogP contribution is -2.12. The van der Waals surface area contributed by atoms with Crippen LogP contribution in [0.1, 0.15) is 43.7 Å². The van der Waals surface area contributed by atoms with E-state index in [1.165, 1.54) is 36.9 Å². The zero-order valence-corrected chi connectivity index (χ0v) is 11.2. The zero-order chi connectivity index (χ0) is 12.0. The third-order valence-corrected chi connectivity index (χ3v) is 2.94. The second kappa shape index (κ2) is 6.70. The van der Waals surface area contributed by atoms with Crippen molar-refractivity contribution < 1.29 is 0 Å². The molecular weight excluding hydrogens is 194 g/mol. The van der Waals surface area contributed by atoms with E-state index in [9.17, 15) is 0 Å². The molecule has 0 aromatic heterocycles. The first-order valence-corrected chi connectivity index (χ1v) is 6.33. The molecule has 0 aliphatic heterocycles. The van der Waals surface area contributed by atoms with Crippen molar-refractivity contribution in [2.45, 2.75) is 39.0 Å². The second-order valence-corrected chi connectivity index (χ2v) is 5.16. The number of hydrogen-bond donors (Lipinski definition) is 0. The molecule has 1 aromatic rings. The lowest BCUT2D eigenvalue weighted by Gasteiger charge is -2.10. The molecule has 0 radical (unpaired) electrons. The molecule has 1 rings (SSSR count). The van der Waals surface area contributed by atoms with Gasteiger partial charge in [-0.2, -0.15) is 0 Å². The number of unbranched alkanes of at least 4 members (excludes halogenated alkanes) is 1. The lowest BCUT2D eigenvalue weighted by atomic mass is 9.99. The van der Waals surface area contributed by atoms with Gasteiger partial charge in [-0.25, -0.2) is 0 Å². The zero-order valence-electron chi connectivity index (χ0n) is 11.2. The highest BCUT2D eigenvalue weighted by atomic mass is 15.0. The van der Waals surface area contributed by atoms with Gasteiger partial charge in [-0.05, 0) is 56.9 Å². The van der Waals surface area contributed by atoms with E-state index in [2.05, 4.69) is 57.1 Å². The molecule has 0 fully saturated rings. The van der Waals surface area contributed by atoms with Crippen molar-refractivity contribution in [3.63, 3.8) is 0 Å². The highest BCUT2D eigenvalue weighted by Gasteiger charge is 2.00. The molecule has 16 heavy (non-hydrogen) atoms. The number of aryl methyl sites for hydroxylation is 1. The average molecular weight is 219 g/mol. The average Bonchev–Trinajstić information content (AvgIpc) is 2.24. The minimum absolute atomic E-state index is 0.640. The molecule has 0 bridgehead atoms. The molecule has 0 aliphatic rings.